The summed E-state index contributed by atoms with van der Waals surface area (Å²) in [6, 6.07) is 16.0. The Labute approximate surface area is 156 Å². The first-order valence-electron chi connectivity index (χ1n) is 8.23. The molecule has 0 radical (unpaired) electrons. The van der Waals surface area contributed by atoms with Crippen LogP contribution in [0.25, 0.3) is 10.2 Å². The monoisotopic (exact) mass is 368 g/mol. The number of nitrogens with one attached hydrogen (secondary N) is 1. The highest BCUT2D eigenvalue weighted by molar-refractivity contribution is 7.99. The van der Waals surface area contributed by atoms with Gasteiger partial charge in [0.15, 0.2) is 0 Å². The highest BCUT2D eigenvalue weighted by Gasteiger charge is 2.08. The lowest BCUT2D eigenvalue weighted by Gasteiger charge is -2.09. The number of benzene rings is 2. The maximum Gasteiger partial charge on any atom is 0.224 e. The molecule has 0 unspecified atom stereocenters. The molecular weight excluding hydrogens is 348 g/mol. The molecule has 0 aliphatic rings. The van der Waals surface area contributed by atoms with Crippen LogP contribution in [-0.2, 0) is 11.2 Å². The minimum Gasteiger partial charge on any atom is -0.325 e. The van der Waals surface area contributed by atoms with Crippen molar-refractivity contribution in [3.63, 3.8) is 0 Å². The van der Waals surface area contributed by atoms with Gasteiger partial charge in [-0.05, 0) is 37.1 Å². The Morgan fingerprint density at radius 2 is 2.00 bits per heavy atom. The van der Waals surface area contributed by atoms with Gasteiger partial charge in [-0.3, -0.25) is 4.79 Å². The van der Waals surface area contributed by atoms with Crippen LogP contribution in [0, 0.1) is 0 Å². The normalized spacial score (nSPS) is 10.7. The standard InChI is InChI=1S/C20H20N2OS2/c1-2-14-24-17-10-5-3-8-15(17)21-19(23)12-7-13-20-22-16-9-4-6-11-18(16)25-20/h2-6,8-11H,1,7,12-14H2,(H,21,23). The highest BCUT2D eigenvalue weighted by atomic mass is 32.2. The van der Waals surface area contributed by atoms with Crippen molar-refractivity contribution in [2.24, 2.45) is 0 Å². The number of hydrogen-bond acceptors (Lipinski definition) is 4. The summed E-state index contributed by atoms with van der Waals surface area (Å²) in [5.41, 5.74) is 1.92. The van der Waals surface area contributed by atoms with Crippen molar-refractivity contribution in [3.8, 4) is 0 Å². The molecule has 5 heteroatoms. The van der Waals surface area contributed by atoms with E-state index in [1.807, 2.05) is 48.5 Å². The number of carbonyl (C=O) groups is 1. The average molecular weight is 369 g/mol. The Balaban J connectivity index is 1.52. The van der Waals surface area contributed by atoms with Gasteiger partial charge in [0.2, 0.25) is 5.91 Å². The third-order valence-corrected chi connectivity index (χ3v) is 5.82. The van der Waals surface area contributed by atoms with Crippen LogP contribution in [0.15, 0.2) is 66.1 Å². The van der Waals surface area contributed by atoms with Gasteiger partial charge in [0.05, 0.1) is 20.9 Å². The molecule has 1 amide bonds. The van der Waals surface area contributed by atoms with E-state index in [1.54, 1.807) is 23.1 Å². The Hall–Kier alpha value is -2.11. The molecule has 0 saturated carbocycles. The van der Waals surface area contributed by atoms with Crippen LogP contribution in [0.4, 0.5) is 5.69 Å². The molecular formula is C20H20N2OS2. The van der Waals surface area contributed by atoms with Crippen LogP contribution in [-0.4, -0.2) is 16.6 Å². The van der Waals surface area contributed by atoms with Gasteiger partial charge in [-0.25, -0.2) is 4.98 Å². The van der Waals surface area contributed by atoms with Gasteiger partial charge >= 0.3 is 0 Å². The molecule has 0 atom stereocenters. The van der Waals surface area contributed by atoms with Gasteiger partial charge in [0, 0.05) is 17.1 Å². The van der Waals surface area contributed by atoms with Crippen LogP contribution in [0.2, 0.25) is 0 Å². The molecule has 0 spiro atoms. The molecule has 1 heterocycles. The van der Waals surface area contributed by atoms with E-state index in [-0.39, 0.29) is 5.91 Å². The first-order valence-corrected chi connectivity index (χ1v) is 10.0. The van der Waals surface area contributed by atoms with Crippen LogP contribution in [0.5, 0.6) is 0 Å². The second kappa shape index (κ2) is 8.83. The number of para-hydroxylation sites is 2. The predicted octanol–water partition coefficient (Wildman–Crippen LogP) is 5.54. The van der Waals surface area contributed by atoms with Gasteiger partial charge in [-0.2, -0.15) is 0 Å². The zero-order chi connectivity index (χ0) is 17.5. The number of amides is 1. The van der Waals surface area contributed by atoms with E-state index in [9.17, 15) is 4.79 Å². The fourth-order valence-electron chi connectivity index (χ4n) is 2.48. The zero-order valence-corrected chi connectivity index (χ0v) is 15.5. The number of nitrogens with zero attached hydrogens (tertiary/aromatic N) is 1. The predicted molar refractivity (Wildman–Crippen MR) is 109 cm³/mol. The van der Waals surface area contributed by atoms with E-state index in [0.717, 1.165) is 39.7 Å². The minimum absolute atomic E-state index is 0.0489. The van der Waals surface area contributed by atoms with Gasteiger partial charge in [0.1, 0.15) is 0 Å². The third-order valence-electron chi connectivity index (χ3n) is 3.65. The van der Waals surface area contributed by atoms with Crippen LogP contribution in [0.1, 0.15) is 17.8 Å². The fraction of sp³-hybridized carbons (Fsp3) is 0.200. The van der Waals surface area contributed by atoms with Crippen molar-refractivity contribution < 1.29 is 4.79 Å². The molecule has 0 aliphatic carbocycles. The largest absolute Gasteiger partial charge is 0.325 e. The van der Waals surface area contributed by atoms with Crippen molar-refractivity contribution in [1.29, 1.82) is 0 Å². The van der Waals surface area contributed by atoms with Crippen molar-refractivity contribution in [2.75, 3.05) is 11.1 Å². The van der Waals surface area contributed by atoms with Crippen molar-refractivity contribution in [1.82, 2.24) is 4.98 Å². The summed E-state index contributed by atoms with van der Waals surface area (Å²) in [4.78, 5) is 17.9. The van der Waals surface area contributed by atoms with Gasteiger partial charge < -0.3 is 5.32 Å². The smallest absolute Gasteiger partial charge is 0.224 e. The second-order valence-corrected chi connectivity index (χ2v) is 7.75. The number of aryl methyl sites for hydroxylation is 1. The van der Waals surface area contributed by atoms with E-state index in [4.69, 9.17) is 0 Å². The molecule has 0 saturated heterocycles. The summed E-state index contributed by atoms with van der Waals surface area (Å²) in [7, 11) is 0. The topological polar surface area (TPSA) is 42.0 Å². The number of hydrogen-bond donors (Lipinski definition) is 1. The first-order chi connectivity index (χ1) is 12.3. The molecule has 0 bridgehead atoms. The molecule has 3 rings (SSSR count). The first kappa shape index (κ1) is 17.7. The van der Waals surface area contributed by atoms with Crippen molar-refractivity contribution >= 4 is 44.9 Å². The summed E-state index contributed by atoms with van der Waals surface area (Å²) in [5.74, 6) is 0.873. The molecule has 0 aliphatic heterocycles. The van der Waals surface area contributed by atoms with Crippen LogP contribution < -0.4 is 5.32 Å². The number of carbonyl (C=O) groups excluding carboxylic acids is 1. The Morgan fingerprint density at radius 1 is 1.20 bits per heavy atom. The average Bonchev–Trinajstić information content (AvgIpc) is 3.03. The molecule has 3 nitrogen and oxygen atoms in total. The van der Waals surface area contributed by atoms with Crippen molar-refractivity contribution in [2.45, 2.75) is 24.2 Å². The minimum atomic E-state index is 0.0489. The number of aromatic nitrogens is 1. The molecule has 0 fully saturated rings. The molecule has 1 aromatic heterocycles. The van der Waals surface area contributed by atoms with Gasteiger partial charge in [-0.15, -0.1) is 29.7 Å². The lowest BCUT2D eigenvalue weighted by atomic mass is 10.2. The van der Waals surface area contributed by atoms with E-state index in [0.29, 0.717) is 6.42 Å². The number of anilines is 1. The highest BCUT2D eigenvalue weighted by Crippen LogP contribution is 2.27. The van der Waals surface area contributed by atoms with Crippen LogP contribution in [0.3, 0.4) is 0 Å². The summed E-state index contributed by atoms with van der Waals surface area (Å²) < 4.78 is 1.20. The quantitative estimate of drug-likeness (QED) is 0.419. The van der Waals surface area contributed by atoms with E-state index in [2.05, 4.69) is 22.9 Å². The molecule has 25 heavy (non-hydrogen) atoms. The van der Waals surface area contributed by atoms with Gasteiger partial charge in [0.25, 0.3) is 0 Å². The van der Waals surface area contributed by atoms with E-state index in [1.165, 1.54) is 4.70 Å². The molecule has 128 valence electrons. The molecule has 3 aromatic rings. The Morgan fingerprint density at radius 3 is 2.84 bits per heavy atom. The lowest BCUT2D eigenvalue weighted by molar-refractivity contribution is -0.116. The fourth-order valence-corrected chi connectivity index (χ4v) is 4.24. The number of thiazole rings is 1. The summed E-state index contributed by atoms with van der Waals surface area (Å²) in [6.07, 6.45) is 3.99. The number of rotatable bonds is 8. The van der Waals surface area contributed by atoms with E-state index < -0.39 is 0 Å². The van der Waals surface area contributed by atoms with E-state index >= 15 is 0 Å². The maximum absolute atomic E-state index is 12.2. The zero-order valence-electron chi connectivity index (χ0n) is 13.9. The summed E-state index contributed by atoms with van der Waals surface area (Å²) >= 11 is 3.38. The van der Waals surface area contributed by atoms with Crippen LogP contribution >= 0.6 is 23.1 Å². The summed E-state index contributed by atoms with van der Waals surface area (Å²) in [6.45, 7) is 3.74. The SMILES string of the molecule is C=CCSc1ccccc1NC(=O)CCCc1nc2ccccc2s1. The Bertz CT molecular complexity index is 840. The molecule has 1 N–H and O–H groups in total. The summed E-state index contributed by atoms with van der Waals surface area (Å²) in [5, 5.41) is 4.11. The maximum atomic E-state index is 12.2. The number of fused-ring (bicyclic) bond motifs is 1. The Kier molecular flexibility index (Phi) is 6.25. The number of thioether (sulfide) groups is 1. The lowest BCUT2D eigenvalue weighted by Crippen LogP contribution is -2.12. The second-order valence-electron chi connectivity index (χ2n) is 5.57. The van der Waals surface area contributed by atoms with Crippen molar-refractivity contribution in [3.05, 3.63) is 66.2 Å². The molecule has 2 aromatic carbocycles. The van der Waals surface area contributed by atoms with Gasteiger partial charge in [-0.1, -0.05) is 30.3 Å². The third kappa shape index (κ3) is 4.94.